The van der Waals surface area contributed by atoms with Gasteiger partial charge in [-0.25, -0.2) is 0 Å². The summed E-state index contributed by atoms with van der Waals surface area (Å²) in [4.78, 5) is 25.1. The van der Waals surface area contributed by atoms with Crippen molar-refractivity contribution in [3.05, 3.63) is 74.7 Å². The van der Waals surface area contributed by atoms with Crippen LogP contribution in [0.1, 0.15) is 17.9 Å². The third-order valence-corrected chi connectivity index (χ3v) is 5.24. The van der Waals surface area contributed by atoms with Crippen LogP contribution in [0.15, 0.2) is 66.7 Å². The van der Waals surface area contributed by atoms with Crippen molar-refractivity contribution in [2.24, 2.45) is 0 Å². The first kappa shape index (κ1) is 21.6. The smallest absolute Gasteiger partial charge is 0.311 e. The van der Waals surface area contributed by atoms with E-state index in [4.69, 9.17) is 23.2 Å². The Morgan fingerprint density at radius 3 is 2.72 bits per heavy atom. The van der Waals surface area contributed by atoms with E-state index in [-0.39, 0.29) is 28.9 Å². The van der Waals surface area contributed by atoms with E-state index in [1.54, 1.807) is 25.1 Å². The van der Waals surface area contributed by atoms with Gasteiger partial charge in [-0.1, -0.05) is 12.1 Å². The number of nitrogens with zero attached hydrogens (tertiary/aromatic N) is 1. The van der Waals surface area contributed by atoms with E-state index in [2.05, 4.69) is 21.1 Å². The fourth-order valence-electron chi connectivity index (χ4n) is 3.00. The molecule has 0 saturated carbocycles. The number of aromatic nitrogens is 1. The lowest BCUT2D eigenvalue weighted by Gasteiger charge is -2.10. The van der Waals surface area contributed by atoms with Crippen LogP contribution in [-0.4, -0.2) is 18.2 Å². The van der Waals surface area contributed by atoms with Gasteiger partial charge in [0.2, 0.25) is 11.2 Å². The second kappa shape index (κ2) is 9.27. The Bertz CT molecular complexity index is 1340. The van der Waals surface area contributed by atoms with Crippen LogP contribution in [0, 0.1) is 6.92 Å². The maximum absolute atomic E-state index is 12.9. The summed E-state index contributed by atoms with van der Waals surface area (Å²) in [5.41, 5.74) is -0.0334. The highest BCUT2D eigenvalue weighted by Crippen LogP contribution is 2.31. The monoisotopic (exact) mass is 499 g/mol. The number of benzene rings is 2. The number of carbonyl (C=O) groups is 1. The third-order valence-electron chi connectivity index (χ3n) is 4.59. The molecule has 4 aromatic rings. The number of fused-ring (bicyclic) bond motifs is 1. The molecule has 0 spiro atoms. The Labute approximate surface area is 190 Å². The highest BCUT2D eigenvalue weighted by Gasteiger charge is 2.16. The molecule has 0 aliphatic heterocycles. The van der Waals surface area contributed by atoms with Gasteiger partial charge in [-0.05, 0) is 52.3 Å². The molecule has 2 aromatic heterocycles. The van der Waals surface area contributed by atoms with Crippen molar-refractivity contribution in [2.45, 2.75) is 19.8 Å². The van der Waals surface area contributed by atoms with Crippen molar-refractivity contribution in [3.63, 3.8) is 0 Å². The molecule has 0 aliphatic carbocycles. The fraction of sp³-hybridized carbons (Fsp3) is 0.174. The quantitative estimate of drug-likeness (QED) is 0.253. The molecule has 0 amide bonds. The maximum Gasteiger partial charge on any atom is 0.311 e. The van der Waals surface area contributed by atoms with E-state index in [1.165, 1.54) is 25.3 Å². The third kappa shape index (κ3) is 4.67. The summed E-state index contributed by atoms with van der Waals surface area (Å²) < 4.78 is 27.7. The Morgan fingerprint density at radius 2 is 1.97 bits per heavy atom. The molecule has 0 aliphatic rings. The molecular formula is C23H18BrNO7. The summed E-state index contributed by atoms with van der Waals surface area (Å²) in [5.74, 6) is 1.55. The minimum absolute atomic E-state index is 0.0814. The number of carbonyl (C=O) groups excluding carboxylic acids is 1. The first-order chi connectivity index (χ1) is 15.4. The van der Waals surface area contributed by atoms with Gasteiger partial charge in [0.25, 0.3) is 5.88 Å². The first-order valence-corrected chi connectivity index (χ1v) is 10.4. The van der Waals surface area contributed by atoms with Crippen molar-refractivity contribution in [3.8, 4) is 23.1 Å². The molecule has 164 valence electrons. The number of methoxy groups -OCH3 is 1. The van der Waals surface area contributed by atoms with Gasteiger partial charge in [-0.15, -0.1) is 0 Å². The molecule has 32 heavy (non-hydrogen) atoms. The maximum atomic E-state index is 12.9. The van der Waals surface area contributed by atoms with Gasteiger partial charge in [0.05, 0.1) is 23.4 Å². The van der Waals surface area contributed by atoms with Crippen molar-refractivity contribution in [1.82, 2.24) is 5.16 Å². The summed E-state index contributed by atoms with van der Waals surface area (Å²) >= 11 is 3.40. The predicted octanol–water partition coefficient (Wildman–Crippen LogP) is 5.19. The van der Waals surface area contributed by atoms with Gasteiger partial charge in [-0.3, -0.25) is 9.59 Å². The number of hydrogen-bond donors (Lipinski definition) is 0. The number of para-hydroxylation sites is 1. The van der Waals surface area contributed by atoms with Crippen LogP contribution < -0.4 is 19.6 Å². The number of ether oxygens (including phenoxy) is 3. The molecule has 0 radical (unpaired) electrons. The first-order valence-electron chi connectivity index (χ1n) is 9.64. The molecule has 8 nitrogen and oxygen atoms in total. The molecule has 0 N–H and O–H groups in total. The molecule has 2 heterocycles. The van der Waals surface area contributed by atoms with Crippen molar-refractivity contribution in [2.75, 3.05) is 7.11 Å². The minimum atomic E-state index is -0.465. The largest absolute Gasteiger partial charge is 0.479 e. The number of aryl methyl sites for hydroxylation is 2. The van der Waals surface area contributed by atoms with E-state index in [9.17, 15) is 9.59 Å². The van der Waals surface area contributed by atoms with E-state index in [0.29, 0.717) is 39.4 Å². The number of hydrogen-bond acceptors (Lipinski definition) is 8. The van der Waals surface area contributed by atoms with Crippen LogP contribution in [0.3, 0.4) is 0 Å². The van der Waals surface area contributed by atoms with Gasteiger partial charge >= 0.3 is 5.97 Å². The van der Waals surface area contributed by atoms with Crippen LogP contribution in [0.4, 0.5) is 0 Å². The summed E-state index contributed by atoms with van der Waals surface area (Å²) in [7, 11) is 1.48. The zero-order valence-corrected chi connectivity index (χ0v) is 18.8. The van der Waals surface area contributed by atoms with Crippen LogP contribution in [0.5, 0.6) is 23.1 Å². The Hall–Kier alpha value is -3.59. The van der Waals surface area contributed by atoms with Gasteiger partial charge in [0.1, 0.15) is 28.6 Å². The second-order valence-corrected chi connectivity index (χ2v) is 7.67. The van der Waals surface area contributed by atoms with Gasteiger partial charge in [0.15, 0.2) is 0 Å². The highest BCUT2D eigenvalue weighted by molar-refractivity contribution is 9.10. The van der Waals surface area contributed by atoms with Gasteiger partial charge < -0.3 is 23.2 Å². The molecule has 0 unspecified atom stereocenters. The summed E-state index contributed by atoms with van der Waals surface area (Å²) in [6.07, 6.45) is 0.394. The lowest BCUT2D eigenvalue weighted by atomic mass is 10.2. The normalized spacial score (nSPS) is 10.8. The minimum Gasteiger partial charge on any atom is -0.479 e. The molecule has 4 rings (SSSR count). The molecule has 0 bridgehead atoms. The zero-order chi connectivity index (χ0) is 22.7. The molecule has 2 aromatic carbocycles. The van der Waals surface area contributed by atoms with Crippen LogP contribution in [0.2, 0.25) is 0 Å². The predicted molar refractivity (Wildman–Crippen MR) is 118 cm³/mol. The lowest BCUT2D eigenvalue weighted by molar-refractivity contribution is -0.134. The van der Waals surface area contributed by atoms with Crippen LogP contribution >= 0.6 is 15.9 Å². The summed E-state index contributed by atoms with van der Waals surface area (Å²) in [5, 5.41) is 3.99. The Morgan fingerprint density at radius 1 is 1.16 bits per heavy atom. The molecule has 9 heteroatoms. The lowest BCUT2D eigenvalue weighted by Crippen LogP contribution is -2.10. The zero-order valence-electron chi connectivity index (χ0n) is 17.2. The average Bonchev–Trinajstić information content (AvgIpc) is 3.24. The highest BCUT2D eigenvalue weighted by atomic mass is 79.9. The van der Waals surface area contributed by atoms with E-state index in [1.807, 2.05) is 12.1 Å². The SMILES string of the molecule is COc1cc(CCC(=O)Oc2ccc3c(=O)c(Oc4ccccc4Br)c(C)oc3c2)on1. The molecular weight excluding hydrogens is 482 g/mol. The topological polar surface area (TPSA) is 101 Å². The summed E-state index contributed by atoms with van der Waals surface area (Å²) in [6.45, 7) is 1.64. The average molecular weight is 500 g/mol. The van der Waals surface area contributed by atoms with Gasteiger partial charge in [0, 0.05) is 18.6 Å². The number of esters is 1. The Balaban J connectivity index is 1.51. The fourth-order valence-corrected chi connectivity index (χ4v) is 3.37. The molecule has 0 fully saturated rings. The van der Waals surface area contributed by atoms with E-state index in [0.717, 1.165) is 0 Å². The van der Waals surface area contributed by atoms with Crippen molar-refractivity contribution >= 4 is 32.9 Å². The number of halogens is 1. The van der Waals surface area contributed by atoms with E-state index < -0.39 is 5.97 Å². The van der Waals surface area contributed by atoms with Crippen LogP contribution in [-0.2, 0) is 11.2 Å². The van der Waals surface area contributed by atoms with Crippen molar-refractivity contribution in [1.29, 1.82) is 0 Å². The van der Waals surface area contributed by atoms with Crippen LogP contribution in [0.25, 0.3) is 11.0 Å². The number of rotatable bonds is 7. The second-order valence-electron chi connectivity index (χ2n) is 6.82. The summed E-state index contributed by atoms with van der Waals surface area (Å²) in [6, 6.07) is 13.4. The van der Waals surface area contributed by atoms with Crippen molar-refractivity contribution < 1.29 is 27.9 Å². The molecule has 0 atom stereocenters. The molecule has 0 saturated heterocycles. The van der Waals surface area contributed by atoms with Gasteiger partial charge in [-0.2, -0.15) is 0 Å². The van der Waals surface area contributed by atoms with E-state index >= 15 is 0 Å². The Kier molecular flexibility index (Phi) is 6.27. The standard InChI is InChI=1S/C23H18BrNO7/c1-13-23(31-18-6-4-3-5-17(18)24)22(27)16-9-7-14(11-19(16)29-13)30-21(26)10-8-15-12-20(28-2)25-32-15/h3-7,9,11-12H,8,10H2,1-2H3.